The van der Waals surface area contributed by atoms with E-state index in [-0.39, 0.29) is 0 Å². The number of allylic oxidation sites excluding steroid dienone is 1. The van der Waals surface area contributed by atoms with E-state index in [4.69, 9.17) is 0 Å². The lowest BCUT2D eigenvalue weighted by Crippen LogP contribution is -2.25. The maximum Gasteiger partial charge on any atom is 0.240 e. The van der Waals surface area contributed by atoms with Crippen molar-refractivity contribution in [1.29, 1.82) is 0 Å². The van der Waals surface area contributed by atoms with Crippen molar-refractivity contribution in [3.63, 3.8) is 0 Å². The van der Waals surface area contributed by atoms with Gasteiger partial charge in [-0.3, -0.25) is 0 Å². The zero-order valence-corrected chi connectivity index (χ0v) is 11.5. The molecule has 1 aliphatic carbocycles. The Labute approximate surface area is 109 Å². The van der Waals surface area contributed by atoms with E-state index < -0.39 is 10.0 Å². The molecule has 0 radical (unpaired) electrons. The van der Waals surface area contributed by atoms with Crippen LogP contribution < -0.4 is 4.72 Å². The molecule has 0 saturated heterocycles. The Morgan fingerprint density at radius 2 is 2.06 bits per heavy atom. The van der Waals surface area contributed by atoms with Gasteiger partial charge >= 0.3 is 0 Å². The van der Waals surface area contributed by atoms with Gasteiger partial charge in [-0.15, -0.1) is 0 Å². The van der Waals surface area contributed by atoms with Crippen LogP contribution in [0.3, 0.4) is 0 Å². The second kappa shape index (κ2) is 5.67. The molecule has 1 aliphatic rings. The largest absolute Gasteiger partial charge is 0.240 e. The van der Waals surface area contributed by atoms with Gasteiger partial charge in [0.05, 0.1) is 4.90 Å². The lowest BCUT2D eigenvalue weighted by molar-refractivity contribution is 0.580. The van der Waals surface area contributed by atoms with E-state index in [0.29, 0.717) is 11.4 Å². The van der Waals surface area contributed by atoms with Crippen molar-refractivity contribution in [3.8, 4) is 0 Å². The van der Waals surface area contributed by atoms with E-state index in [1.165, 1.54) is 12.0 Å². The van der Waals surface area contributed by atoms with Gasteiger partial charge in [-0.2, -0.15) is 0 Å². The molecule has 0 unspecified atom stereocenters. The Kier molecular flexibility index (Phi) is 4.19. The summed E-state index contributed by atoms with van der Waals surface area (Å²) >= 11 is 0. The van der Waals surface area contributed by atoms with Gasteiger partial charge in [-0.25, -0.2) is 13.1 Å². The molecule has 0 spiro atoms. The van der Waals surface area contributed by atoms with Gasteiger partial charge in [0.15, 0.2) is 0 Å². The third kappa shape index (κ3) is 3.21. The minimum Gasteiger partial charge on any atom is -0.211 e. The van der Waals surface area contributed by atoms with Gasteiger partial charge in [0.2, 0.25) is 10.0 Å². The molecular weight excluding hydrogens is 246 g/mol. The van der Waals surface area contributed by atoms with Crippen LogP contribution in [0.1, 0.15) is 31.2 Å². The zero-order valence-electron chi connectivity index (χ0n) is 10.6. The highest BCUT2D eigenvalue weighted by Gasteiger charge is 2.15. The Morgan fingerprint density at radius 1 is 1.28 bits per heavy atom. The van der Waals surface area contributed by atoms with Crippen molar-refractivity contribution < 1.29 is 8.42 Å². The lowest BCUT2D eigenvalue weighted by atomic mass is 10.2. The van der Waals surface area contributed by atoms with Crippen LogP contribution >= 0.6 is 0 Å². The summed E-state index contributed by atoms with van der Waals surface area (Å²) in [7, 11) is -3.36. The first-order valence-electron chi connectivity index (χ1n) is 6.33. The van der Waals surface area contributed by atoms with E-state index >= 15 is 0 Å². The summed E-state index contributed by atoms with van der Waals surface area (Å²) < 4.78 is 26.9. The van der Waals surface area contributed by atoms with Crippen molar-refractivity contribution in [1.82, 2.24) is 4.72 Å². The van der Waals surface area contributed by atoms with Gasteiger partial charge in [0, 0.05) is 6.54 Å². The maximum atomic E-state index is 12.1. The van der Waals surface area contributed by atoms with Crippen LogP contribution in [0.15, 0.2) is 40.8 Å². The molecule has 0 aliphatic heterocycles. The average Bonchev–Trinajstić information content (AvgIpc) is 2.82. The molecule has 0 heterocycles. The minimum atomic E-state index is -3.36. The monoisotopic (exact) mass is 265 g/mol. The molecule has 1 N–H and O–H groups in total. The summed E-state index contributed by atoms with van der Waals surface area (Å²) in [5.41, 5.74) is 2.16. The van der Waals surface area contributed by atoms with Gasteiger partial charge in [0.25, 0.3) is 0 Å². The van der Waals surface area contributed by atoms with E-state index in [9.17, 15) is 8.42 Å². The fraction of sp³-hybridized carbons (Fsp3) is 0.429. The van der Waals surface area contributed by atoms with Crippen molar-refractivity contribution in [2.75, 3.05) is 6.54 Å². The van der Waals surface area contributed by atoms with E-state index in [0.717, 1.165) is 24.8 Å². The quantitative estimate of drug-likeness (QED) is 0.832. The third-order valence-electron chi connectivity index (χ3n) is 3.26. The van der Waals surface area contributed by atoms with Crippen LogP contribution in [0, 0.1) is 6.92 Å². The van der Waals surface area contributed by atoms with Gasteiger partial charge in [-0.05, 0) is 44.2 Å². The Bertz CT molecular complexity index is 547. The molecule has 0 bridgehead atoms. The molecule has 0 aromatic heterocycles. The molecule has 3 nitrogen and oxygen atoms in total. The number of rotatable bonds is 5. The highest BCUT2D eigenvalue weighted by Crippen LogP contribution is 2.20. The number of sulfonamides is 1. The fourth-order valence-electron chi connectivity index (χ4n) is 2.25. The molecule has 18 heavy (non-hydrogen) atoms. The van der Waals surface area contributed by atoms with Crippen LogP contribution in [0.5, 0.6) is 0 Å². The predicted octanol–water partition coefficient (Wildman–Crippen LogP) is 2.77. The first-order chi connectivity index (χ1) is 8.59. The molecule has 1 aromatic carbocycles. The summed E-state index contributed by atoms with van der Waals surface area (Å²) in [6.45, 7) is 2.30. The van der Waals surface area contributed by atoms with E-state index in [1.54, 1.807) is 12.1 Å². The van der Waals surface area contributed by atoms with Crippen molar-refractivity contribution in [3.05, 3.63) is 41.5 Å². The summed E-state index contributed by atoms with van der Waals surface area (Å²) in [5, 5.41) is 0. The summed E-state index contributed by atoms with van der Waals surface area (Å²) in [5.74, 6) is 0. The van der Waals surface area contributed by atoms with E-state index in [1.807, 2.05) is 19.1 Å². The SMILES string of the molecule is Cc1ccccc1S(=O)(=O)NCCC1=CCCC1. The number of aryl methyl sites for hydroxylation is 1. The Balaban J connectivity index is 1.97. The number of benzene rings is 1. The van der Waals surface area contributed by atoms with Crippen molar-refractivity contribution in [2.24, 2.45) is 0 Å². The average molecular weight is 265 g/mol. The molecule has 2 rings (SSSR count). The minimum absolute atomic E-state index is 0.380. The Hall–Kier alpha value is -1.13. The summed E-state index contributed by atoms with van der Waals surface area (Å²) in [6, 6.07) is 7.05. The van der Waals surface area contributed by atoms with Gasteiger partial charge < -0.3 is 0 Å². The first kappa shape index (κ1) is 13.3. The number of nitrogens with one attached hydrogen (secondary N) is 1. The topological polar surface area (TPSA) is 46.2 Å². The van der Waals surface area contributed by atoms with Gasteiger partial charge in [0.1, 0.15) is 0 Å². The standard InChI is InChI=1S/C14H19NO2S/c1-12-6-2-5-9-14(12)18(16,17)15-11-10-13-7-3-4-8-13/h2,5-7,9,15H,3-4,8,10-11H2,1H3. The maximum absolute atomic E-state index is 12.1. The smallest absolute Gasteiger partial charge is 0.211 e. The lowest BCUT2D eigenvalue weighted by Gasteiger charge is -2.09. The summed E-state index contributed by atoms with van der Waals surface area (Å²) in [4.78, 5) is 0.380. The van der Waals surface area contributed by atoms with Crippen LogP contribution in [-0.4, -0.2) is 15.0 Å². The molecule has 4 heteroatoms. The fourth-order valence-corrected chi connectivity index (χ4v) is 3.52. The van der Waals surface area contributed by atoms with Crippen molar-refractivity contribution in [2.45, 2.75) is 37.5 Å². The second-order valence-corrected chi connectivity index (χ2v) is 6.40. The normalized spacial score (nSPS) is 15.7. The second-order valence-electron chi connectivity index (χ2n) is 4.67. The molecule has 0 saturated carbocycles. The number of hydrogen-bond donors (Lipinski definition) is 1. The highest BCUT2D eigenvalue weighted by atomic mass is 32.2. The molecule has 98 valence electrons. The third-order valence-corrected chi connectivity index (χ3v) is 4.88. The molecule has 1 aromatic rings. The molecular formula is C14H19NO2S. The van der Waals surface area contributed by atoms with Crippen LogP contribution in [0.25, 0.3) is 0 Å². The van der Waals surface area contributed by atoms with Crippen LogP contribution in [0.2, 0.25) is 0 Å². The van der Waals surface area contributed by atoms with E-state index in [2.05, 4.69) is 10.8 Å². The molecule has 0 atom stereocenters. The van der Waals surface area contributed by atoms with Crippen molar-refractivity contribution >= 4 is 10.0 Å². The first-order valence-corrected chi connectivity index (χ1v) is 7.81. The zero-order chi connectivity index (χ0) is 13.0. The Morgan fingerprint density at radius 3 is 2.72 bits per heavy atom. The number of hydrogen-bond acceptors (Lipinski definition) is 2. The summed E-state index contributed by atoms with van der Waals surface area (Å²) in [6.07, 6.45) is 6.51. The predicted molar refractivity (Wildman–Crippen MR) is 72.9 cm³/mol. The van der Waals surface area contributed by atoms with Crippen LogP contribution in [0.4, 0.5) is 0 Å². The highest BCUT2D eigenvalue weighted by molar-refractivity contribution is 7.89. The molecule has 0 fully saturated rings. The van der Waals surface area contributed by atoms with Gasteiger partial charge in [-0.1, -0.05) is 29.8 Å². The van der Waals surface area contributed by atoms with Crippen LogP contribution in [-0.2, 0) is 10.0 Å². The molecule has 0 amide bonds.